The van der Waals surface area contributed by atoms with Gasteiger partial charge in [0.25, 0.3) is 0 Å². The van der Waals surface area contributed by atoms with E-state index in [2.05, 4.69) is 10.1 Å². The second-order valence-electron chi connectivity index (χ2n) is 3.91. The zero-order valence-electron chi connectivity index (χ0n) is 10.1. The van der Waals surface area contributed by atoms with Gasteiger partial charge in [-0.05, 0) is 30.7 Å². The minimum atomic E-state index is -0.443. The molecule has 1 aromatic heterocycles. The SMILES string of the molecule is NC(CCO)c1nc(CSc2ccc(F)cc2)no1. The summed E-state index contributed by atoms with van der Waals surface area (Å²) in [6.45, 7) is -0.0246. The van der Waals surface area contributed by atoms with Crippen molar-refractivity contribution in [2.24, 2.45) is 5.73 Å². The van der Waals surface area contributed by atoms with Crippen LogP contribution >= 0.6 is 11.8 Å². The zero-order chi connectivity index (χ0) is 13.7. The van der Waals surface area contributed by atoms with Gasteiger partial charge < -0.3 is 15.4 Å². The van der Waals surface area contributed by atoms with Crippen LogP contribution in [0.3, 0.4) is 0 Å². The lowest BCUT2D eigenvalue weighted by Gasteiger charge is -2.01. The molecule has 1 heterocycles. The number of hydrogen-bond acceptors (Lipinski definition) is 6. The van der Waals surface area contributed by atoms with Gasteiger partial charge in [0, 0.05) is 11.5 Å². The molecule has 0 bridgehead atoms. The zero-order valence-corrected chi connectivity index (χ0v) is 10.9. The van der Waals surface area contributed by atoms with Crippen LogP contribution in [0.1, 0.15) is 24.2 Å². The van der Waals surface area contributed by atoms with Crippen LogP contribution in [0, 0.1) is 5.82 Å². The molecule has 0 saturated carbocycles. The molecule has 2 rings (SSSR count). The van der Waals surface area contributed by atoms with Crippen molar-refractivity contribution in [2.45, 2.75) is 23.1 Å². The molecule has 102 valence electrons. The molecule has 1 aromatic carbocycles. The van der Waals surface area contributed by atoms with Crippen LogP contribution in [0.25, 0.3) is 0 Å². The van der Waals surface area contributed by atoms with Crippen molar-refractivity contribution in [2.75, 3.05) is 6.61 Å². The summed E-state index contributed by atoms with van der Waals surface area (Å²) in [6, 6.07) is 5.75. The molecule has 0 spiro atoms. The van der Waals surface area contributed by atoms with Crippen molar-refractivity contribution in [3.63, 3.8) is 0 Å². The first-order valence-electron chi connectivity index (χ1n) is 5.76. The lowest BCUT2D eigenvalue weighted by Crippen LogP contribution is -2.12. The van der Waals surface area contributed by atoms with Gasteiger partial charge in [-0.2, -0.15) is 4.98 Å². The highest BCUT2D eigenvalue weighted by molar-refractivity contribution is 7.98. The molecule has 3 N–H and O–H groups in total. The maximum atomic E-state index is 12.7. The predicted molar refractivity (Wildman–Crippen MR) is 68.9 cm³/mol. The minimum Gasteiger partial charge on any atom is -0.396 e. The van der Waals surface area contributed by atoms with Gasteiger partial charge in [0.05, 0.1) is 11.8 Å². The summed E-state index contributed by atoms with van der Waals surface area (Å²) < 4.78 is 17.7. The van der Waals surface area contributed by atoms with Gasteiger partial charge in [-0.1, -0.05) is 5.16 Å². The Labute approximate surface area is 114 Å². The van der Waals surface area contributed by atoms with E-state index >= 15 is 0 Å². The fourth-order valence-corrected chi connectivity index (χ4v) is 2.16. The number of aromatic nitrogens is 2. The molecular formula is C12H14FN3O2S. The van der Waals surface area contributed by atoms with Crippen LogP contribution in [0.5, 0.6) is 0 Å². The maximum Gasteiger partial charge on any atom is 0.243 e. The topological polar surface area (TPSA) is 85.2 Å². The molecule has 0 aliphatic carbocycles. The third-order valence-electron chi connectivity index (χ3n) is 2.42. The molecule has 0 fully saturated rings. The van der Waals surface area contributed by atoms with E-state index in [1.807, 2.05) is 0 Å². The monoisotopic (exact) mass is 283 g/mol. The number of thioether (sulfide) groups is 1. The van der Waals surface area contributed by atoms with Gasteiger partial charge in [-0.3, -0.25) is 0 Å². The Hall–Kier alpha value is -1.44. The van der Waals surface area contributed by atoms with Crippen molar-refractivity contribution in [1.82, 2.24) is 10.1 Å². The molecular weight excluding hydrogens is 269 g/mol. The van der Waals surface area contributed by atoms with Crippen molar-refractivity contribution in [1.29, 1.82) is 0 Å². The number of rotatable bonds is 6. The van der Waals surface area contributed by atoms with Crippen LogP contribution in [-0.2, 0) is 5.75 Å². The molecule has 2 aromatic rings. The molecule has 0 amide bonds. The molecule has 0 aliphatic heterocycles. The fourth-order valence-electron chi connectivity index (χ4n) is 1.42. The Morgan fingerprint density at radius 3 is 2.79 bits per heavy atom. The third-order valence-corrected chi connectivity index (χ3v) is 3.43. The number of aliphatic hydroxyl groups is 1. The van der Waals surface area contributed by atoms with Crippen LogP contribution < -0.4 is 5.73 Å². The molecule has 1 atom stereocenters. The van der Waals surface area contributed by atoms with E-state index in [9.17, 15) is 4.39 Å². The highest BCUT2D eigenvalue weighted by Gasteiger charge is 2.14. The Balaban J connectivity index is 1.91. The Bertz CT molecular complexity index is 518. The van der Waals surface area contributed by atoms with Crippen molar-refractivity contribution < 1.29 is 14.0 Å². The number of benzene rings is 1. The summed E-state index contributed by atoms with van der Waals surface area (Å²) in [6.07, 6.45) is 0.382. The Kier molecular flexibility index (Phi) is 4.89. The first-order chi connectivity index (χ1) is 9.19. The van der Waals surface area contributed by atoms with E-state index < -0.39 is 6.04 Å². The van der Waals surface area contributed by atoms with Gasteiger partial charge in [-0.25, -0.2) is 4.39 Å². The Morgan fingerprint density at radius 1 is 1.37 bits per heavy atom. The van der Waals surface area contributed by atoms with E-state index in [-0.39, 0.29) is 12.4 Å². The van der Waals surface area contributed by atoms with Gasteiger partial charge in [-0.15, -0.1) is 11.8 Å². The van der Waals surface area contributed by atoms with Gasteiger partial charge in [0.2, 0.25) is 5.89 Å². The minimum absolute atomic E-state index is 0.0246. The number of nitrogens with zero attached hydrogens (tertiary/aromatic N) is 2. The van der Waals surface area contributed by atoms with Crippen LogP contribution in [0.15, 0.2) is 33.7 Å². The second-order valence-corrected chi connectivity index (χ2v) is 4.96. The highest BCUT2D eigenvalue weighted by Crippen LogP contribution is 2.22. The fraction of sp³-hybridized carbons (Fsp3) is 0.333. The predicted octanol–water partition coefficient (Wildman–Crippen LogP) is 1.88. The van der Waals surface area contributed by atoms with E-state index in [0.717, 1.165) is 4.90 Å². The van der Waals surface area contributed by atoms with Crippen molar-refractivity contribution >= 4 is 11.8 Å². The maximum absolute atomic E-state index is 12.7. The third kappa shape index (κ3) is 4.02. The number of aliphatic hydroxyl groups excluding tert-OH is 1. The lowest BCUT2D eigenvalue weighted by molar-refractivity contribution is 0.259. The smallest absolute Gasteiger partial charge is 0.243 e. The molecule has 0 saturated heterocycles. The van der Waals surface area contributed by atoms with Gasteiger partial charge >= 0.3 is 0 Å². The summed E-state index contributed by atoms with van der Waals surface area (Å²) >= 11 is 1.48. The molecule has 0 radical (unpaired) electrons. The standard InChI is InChI=1S/C12H14FN3O2S/c13-8-1-3-9(4-2-8)19-7-11-15-12(18-16-11)10(14)5-6-17/h1-4,10,17H,5-7,14H2. The largest absolute Gasteiger partial charge is 0.396 e. The molecule has 0 aliphatic rings. The van der Waals surface area contributed by atoms with Crippen LogP contribution in [-0.4, -0.2) is 21.9 Å². The summed E-state index contributed by atoms with van der Waals surface area (Å²) in [5, 5.41) is 12.6. The summed E-state index contributed by atoms with van der Waals surface area (Å²) in [5.74, 6) is 1.10. The van der Waals surface area contributed by atoms with Gasteiger partial charge in [0.15, 0.2) is 5.82 Å². The molecule has 19 heavy (non-hydrogen) atoms. The second kappa shape index (κ2) is 6.65. The number of nitrogens with two attached hydrogens (primary N) is 1. The van der Waals surface area contributed by atoms with E-state index in [4.69, 9.17) is 15.4 Å². The number of hydrogen-bond donors (Lipinski definition) is 2. The molecule has 7 heteroatoms. The summed E-state index contributed by atoms with van der Waals surface area (Å²) in [5.41, 5.74) is 5.74. The molecule has 5 nitrogen and oxygen atoms in total. The number of halogens is 1. The summed E-state index contributed by atoms with van der Waals surface area (Å²) in [4.78, 5) is 5.08. The Morgan fingerprint density at radius 2 is 2.11 bits per heavy atom. The first kappa shape index (κ1) is 14.0. The van der Waals surface area contributed by atoms with Gasteiger partial charge in [0.1, 0.15) is 5.82 Å². The quantitative estimate of drug-likeness (QED) is 0.787. The average molecular weight is 283 g/mol. The highest BCUT2D eigenvalue weighted by atomic mass is 32.2. The first-order valence-corrected chi connectivity index (χ1v) is 6.75. The average Bonchev–Trinajstić information content (AvgIpc) is 2.87. The van der Waals surface area contributed by atoms with Crippen LogP contribution in [0.2, 0.25) is 0 Å². The lowest BCUT2D eigenvalue weighted by atomic mass is 10.2. The van der Waals surface area contributed by atoms with E-state index in [1.165, 1.54) is 23.9 Å². The molecule has 1 unspecified atom stereocenters. The normalized spacial score (nSPS) is 12.6. The van der Waals surface area contributed by atoms with Crippen molar-refractivity contribution in [3.8, 4) is 0 Å². The van der Waals surface area contributed by atoms with Crippen LogP contribution in [0.4, 0.5) is 4.39 Å². The van der Waals surface area contributed by atoms with E-state index in [1.54, 1.807) is 12.1 Å². The summed E-state index contributed by atoms with van der Waals surface area (Å²) in [7, 11) is 0. The van der Waals surface area contributed by atoms with Crippen molar-refractivity contribution in [3.05, 3.63) is 41.8 Å². The van der Waals surface area contributed by atoms with E-state index in [0.29, 0.717) is 23.9 Å².